The van der Waals surface area contributed by atoms with Crippen molar-refractivity contribution in [3.05, 3.63) is 33.8 Å². The van der Waals surface area contributed by atoms with Gasteiger partial charge in [-0.3, -0.25) is 0 Å². The second-order valence-corrected chi connectivity index (χ2v) is 6.85. The number of hydrogen-bond acceptors (Lipinski definition) is 2. The summed E-state index contributed by atoms with van der Waals surface area (Å²) in [4.78, 5) is 2.49. The predicted octanol–water partition coefficient (Wildman–Crippen LogP) is 4.54. The van der Waals surface area contributed by atoms with Gasteiger partial charge in [0.25, 0.3) is 0 Å². The van der Waals surface area contributed by atoms with E-state index in [0.29, 0.717) is 22.4 Å². The van der Waals surface area contributed by atoms with Crippen molar-refractivity contribution >= 4 is 23.2 Å². The second kappa shape index (κ2) is 7.13. The van der Waals surface area contributed by atoms with E-state index < -0.39 is 6.10 Å². The first-order valence-corrected chi connectivity index (χ1v) is 8.10. The summed E-state index contributed by atoms with van der Waals surface area (Å²) in [6.07, 6.45) is 2.74. The molecule has 1 aromatic rings. The minimum atomic E-state index is -0.547. The zero-order valence-electron chi connectivity index (χ0n) is 12.1. The van der Waals surface area contributed by atoms with Gasteiger partial charge in [-0.15, -0.1) is 0 Å². The Kier molecular flexibility index (Phi) is 5.74. The molecular weight excluding hydrogens is 293 g/mol. The average Bonchev–Trinajstić information content (AvgIpc) is 3.21. The summed E-state index contributed by atoms with van der Waals surface area (Å²) in [5.74, 6) is 0.655. The molecule has 2 nitrogen and oxygen atoms in total. The Labute approximate surface area is 131 Å². The van der Waals surface area contributed by atoms with E-state index >= 15 is 0 Å². The molecule has 0 spiro atoms. The molecule has 0 bridgehead atoms. The van der Waals surface area contributed by atoms with Crippen LogP contribution in [0.3, 0.4) is 0 Å². The fraction of sp³-hybridized carbons (Fsp3) is 0.625. The largest absolute Gasteiger partial charge is 0.388 e. The van der Waals surface area contributed by atoms with Gasteiger partial charge in [0.05, 0.1) is 16.1 Å². The van der Waals surface area contributed by atoms with E-state index in [1.54, 1.807) is 6.07 Å². The topological polar surface area (TPSA) is 23.5 Å². The minimum Gasteiger partial charge on any atom is -0.388 e. The van der Waals surface area contributed by atoms with Crippen molar-refractivity contribution in [2.45, 2.75) is 45.3 Å². The monoisotopic (exact) mass is 315 g/mol. The maximum atomic E-state index is 10.3. The highest BCUT2D eigenvalue weighted by Gasteiger charge is 2.29. The molecule has 1 unspecified atom stereocenters. The first-order chi connectivity index (χ1) is 9.49. The quantitative estimate of drug-likeness (QED) is 0.798. The van der Waals surface area contributed by atoms with E-state index in [9.17, 15) is 5.11 Å². The lowest BCUT2D eigenvalue weighted by molar-refractivity contribution is 0.134. The van der Waals surface area contributed by atoms with E-state index in [0.717, 1.165) is 24.7 Å². The normalized spacial score (nSPS) is 16.9. The third kappa shape index (κ3) is 4.36. The van der Waals surface area contributed by atoms with Crippen LogP contribution in [0.25, 0.3) is 0 Å². The fourth-order valence-corrected chi connectivity index (χ4v) is 2.99. The smallest absolute Gasteiger partial charge is 0.0817 e. The molecule has 1 saturated carbocycles. The molecule has 0 amide bonds. The molecular formula is C16H23Cl2NO. The maximum absolute atomic E-state index is 10.3. The molecule has 0 saturated heterocycles. The van der Waals surface area contributed by atoms with Crippen molar-refractivity contribution in [1.82, 2.24) is 4.90 Å². The lowest BCUT2D eigenvalue weighted by atomic mass is 10.1. The van der Waals surface area contributed by atoms with Crippen LogP contribution >= 0.6 is 23.2 Å². The lowest BCUT2D eigenvalue weighted by Crippen LogP contribution is -2.31. The summed E-state index contributed by atoms with van der Waals surface area (Å²) < 4.78 is 0. The first kappa shape index (κ1) is 16.1. The molecule has 1 atom stereocenters. The van der Waals surface area contributed by atoms with Crippen molar-refractivity contribution in [2.75, 3.05) is 13.1 Å². The molecule has 1 aliphatic carbocycles. The number of aliphatic hydroxyl groups excluding tert-OH is 1. The van der Waals surface area contributed by atoms with Crippen molar-refractivity contribution in [3.8, 4) is 0 Å². The van der Waals surface area contributed by atoms with Gasteiger partial charge >= 0.3 is 0 Å². The van der Waals surface area contributed by atoms with Crippen LogP contribution in [-0.4, -0.2) is 29.1 Å². The molecule has 4 heteroatoms. The summed E-state index contributed by atoms with van der Waals surface area (Å²) in [5, 5.41) is 11.3. The molecule has 1 fully saturated rings. The molecule has 20 heavy (non-hydrogen) atoms. The van der Waals surface area contributed by atoms with Crippen LogP contribution < -0.4 is 0 Å². The minimum absolute atomic E-state index is 0.475. The highest BCUT2D eigenvalue weighted by Crippen LogP contribution is 2.33. The summed E-state index contributed by atoms with van der Waals surface area (Å²) in [6.45, 7) is 6.48. The van der Waals surface area contributed by atoms with E-state index in [-0.39, 0.29) is 0 Å². The van der Waals surface area contributed by atoms with Gasteiger partial charge < -0.3 is 10.0 Å². The summed E-state index contributed by atoms with van der Waals surface area (Å²) in [7, 11) is 0. The molecule has 0 aliphatic heterocycles. The van der Waals surface area contributed by atoms with Crippen molar-refractivity contribution in [2.24, 2.45) is 5.92 Å². The van der Waals surface area contributed by atoms with Crippen molar-refractivity contribution < 1.29 is 5.11 Å². The standard InChI is InChI=1S/C16H23Cl2NO/c1-11(2)10-19(12-6-7-12)9-8-15(20)13-4-3-5-14(17)16(13)18/h3-5,11-12,15,20H,6-10H2,1-2H3. The lowest BCUT2D eigenvalue weighted by Gasteiger charge is -2.25. The second-order valence-electron chi connectivity index (χ2n) is 6.07. The highest BCUT2D eigenvalue weighted by molar-refractivity contribution is 6.42. The van der Waals surface area contributed by atoms with Gasteiger partial charge in [0.15, 0.2) is 0 Å². The third-order valence-corrected chi connectivity index (χ3v) is 4.53. The number of aliphatic hydroxyl groups is 1. The van der Waals surface area contributed by atoms with E-state index in [4.69, 9.17) is 23.2 Å². The molecule has 0 heterocycles. The zero-order valence-corrected chi connectivity index (χ0v) is 13.7. The van der Waals surface area contributed by atoms with Crippen LogP contribution in [0.4, 0.5) is 0 Å². The number of nitrogens with zero attached hydrogens (tertiary/aromatic N) is 1. The third-order valence-electron chi connectivity index (χ3n) is 3.69. The van der Waals surface area contributed by atoms with Gasteiger partial charge in [-0.05, 0) is 31.2 Å². The van der Waals surface area contributed by atoms with Crippen LogP contribution in [0.15, 0.2) is 18.2 Å². The van der Waals surface area contributed by atoms with E-state index in [1.807, 2.05) is 12.1 Å². The van der Waals surface area contributed by atoms with Crippen LogP contribution in [0.2, 0.25) is 10.0 Å². The molecule has 1 aromatic carbocycles. The fourth-order valence-electron chi connectivity index (χ4n) is 2.55. The molecule has 1 N–H and O–H groups in total. The summed E-state index contributed by atoms with van der Waals surface area (Å²) in [5.41, 5.74) is 0.736. The predicted molar refractivity (Wildman–Crippen MR) is 85.5 cm³/mol. The number of rotatable bonds is 7. The van der Waals surface area contributed by atoms with Gasteiger partial charge in [0, 0.05) is 24.7 Å². The van der Waals surface area contributed by atoms with Crippen molar-refractivity contribution in [3.63, 3.8) is 0 Å². The van der Waals surface area contributed by atoms with Crippen LogP contribution in [-0.2, 0) is 0 Å². The SMILES string of the molecule is CC(C)CN(CCC(O)c1cccc(Cl)c1Cl)C1CC1. The summed E-state index contributed by atoms with van der Waals surface area (Å²) >= 11 is 12.2. The van der Waals surface area contributed by atoms with Gasteiger partial charge in [0.1, 0.15) is 0 Å². The van der Waals surface area contributed by atoms with Gasteiger partial charge in [-0.25, -0.2) is 0 Å². The Morgan fingerprint density at radius 1 is 1.30 bits per heavy atom. The number of halogens is 2. The molecule has 0 radical (unpaired) electrons. The number of benzene rings is 1. The van der Waals surface area contributed by atoms with Gasteiger partial charge in [-0.1, -0.05) is 49.2 Å². The first-order valence-electron chi connectivity index (χ1n) is 7.35. The number of hydrogen-bond donors (Lipinski definition) is 1. The van der Waals surface area contributed by atoms with Crippen LogP contribution in [0, 0.1) is 5.92 Å². The Bertz CT molecular complexity index is 446. The summed E-state index contributed by atoms with van der Waals surface area (Å²) in [6, 6.07) is 6.15. The van der Waals surface area contributed by atoms with Crippen molar-refractivity contribution in [1.29, 1.82) is 0 Å². The zero-order chi connectivity index (χ0) is 14.7. The maximum Gasteiger partial charge on any atom is 0.0817 e. The Morgan fingerprint density at radius 2 is 2.00 bits per heavy atom. The highest BCUT2D eigenvalue weighted by atomic mass is 35.5. The Hall–Kier alpha value is -0.280. The van der Waals surface area contributed by atoms with Gasteiger partial charge in [-0.2, -0.15) is 0 Å². The van der Waals surface area contributed by atoms with Crippen LogP contribution in [0.1, 0.15) is 44.8 Å². The van der Waals surface area contributed by atoms with E-state index in [2.05, 4.69) is 18.7 Å². The molecule has 1 aliphatic rings. The molecule has 2 rings (SSSR count). The molecule has 0 aromatic heterocycles. The Morgan fingerprint density at radius 3 is 2.60 bits per heavy atom. The van der Waals surface area contributed by atoms with Gasteiger partial charge in [0.2, 0.25) is 0 Å². The molecule has 112 valence electrons. The Balaban J connectivity index is 1.93. The van der Waals surface area contributed by atoms with Crippen LogP contribution in [0.5, 0.6) is 0 Å². The van der Waals surface area contributed by atoms with E-state index in [1.165, 1.54) is 12.8 Å². The average molecular weight is 316 g/mol.